The van der Waals surface area contributed by atoms with E-state index in [-0.39, 0.29) is 24.0 Å². The highest BCUT2D eigenvalue weighted by Gasteiger charge is 2.58. The van der Waals surface area contributed by atoms with Crippen LogP contribution in [0.2, 0.25) is 0 Å². The van der Waals surface area contributed by atoms with Crippen LogP contribution in [0.15, 0.2) is 0 Å². The molecule has 4 heteroatoms. The number of hydrogen-bond donors (Lipinski definition) is 1. The van der Waals surface area contributed by atoms with Crippen molar-refractivity contribution in [2.24, 2.45) is 5.92 Å². The Morgan fingerprint density at radius 3 is 3.09 bits per heavy atom. The maximum atomic E-state index is 11.0. The molecule has 0 unspecified atom stereocenters. The number of ether oxygens (including phenoxy) is 2. The van der Waals surface area contributed by atoms with Crippen LogP contribution < -0.4 is 5.32 Å². The summed E-state index contributed by atoms with van der Waals surface area (Å²) < 4.78 is 9.93. The molecular formula is C7H11NO3. The predicted octanol–water partition coefficient (Wildman–Crippen LogP) is -0.854. The van der Waals surface area contributed by atoms with Crippen LogP contribution in [-0.4, -0.2) is 38.4 Å². The molecule has 0 radical (unpaired) electrons. The number of nitrogens with one attached hydrogen (secondary N) is 1. The number of carbonyl (C=O) groups excluding carboxylic acids is 1. The summed E-state index contributed by atoms with van der Waals surface area (Å²) in [7, 11) is 1.41. The molecule has 62 valence electrons. The first-order valence-electron chi connectivity index (χ1n) is 3.77. The average molecular weight is 157 g/mol. The third-order valence-corrected chi connectivity index (χ3v) is 2.22. The van der Waals surface area contributed by atoms with Crippen molar-refractivity contribution in [1.29, 1.82) is 0 Å². The Morgan fingerprint density at radius 1 is 1.73 bits per heavy atom. The molecule has 0 spiro atoms. The van der Waals surface area contributed by atoms with Crippen molar-refractivity contribution in [3.05, 3.63) is 0 Å². The van der Waals surface area contributed by atoms with Gasteiger partial charge in [-0.2, -0.15) is 0 Å². The molecule has 1 aliphatic carbocycles. The van der Waals surface area contributed by atoms with E-state index >= 15 is 0 Å². The van der Waals surface area contributed by atoms with E-state index in [0.29, 0.717) is 6.61 Å². The fourth-order valence-corrected chi connectivity index (χ4v) is 1.57. The van der Waals surface area contributed by atoms with Gasteiger partial charge >= 0.3 is 5.97 Å². The van der Waals surface area contributed by atoms with Crippen LogP contribution in [0.4, 0.5) is 0 Å². The summed E-state index contributed by atoms with van der Waals surface area (Å²) in [5.74, 6) is -0.211. The Balaban J connectivity index is 1.94. The van der Waals surface area contributed by atoms with Gasteiger partial charge in [0, 0.05) is 6.54 Å². The lowest BCUT2D eigenvalue weighted by atomic mass is 10.4. The van der Waals surface area contributed by atoms with E-state index in [1.165, 1.54) is 7.11 Å². The topological polar surface area (TPSA) is 47.6 Å². The molecule has 0 aromatic carbocycles. The van der Waals surface area contributed by atoms with Crippen molar-refractivity contribution in [3.8, 4) is 0 Å². The second kappa shape index (κ2) is 2.46. The van der Waals surface area contributed by atoms with Gasteiger partial charge < -0.3 is 14.8 Å². The maximum Gasteiger partial charge on any atom is 0.313 e. The Bertz CT molecular complexity index is 171. The quantitative estimate of drug-likeness (QED) is 0.503. The van der Waals surface area contributed by atoms with E-state index in [1.807, 2.05) is 0 Å². The summed E-state index contributed by atoms with van der Waals surface area (Å²) in [5, 5.41) is 3.20. The van der Waals surface area contributed by atoms with Crippen molar-refractivity contribution >= 4 is 5.97 Å². The Morgan fingerprint density at radius 2 is 2.55 bits per heavy atom. The van der Waals surface area contributed by atoms with Gasteiger partial charge in [0.25, 0.3) is 0 Å². The minimum absolute atomic E-state index is 0.0532. The van der Waals surface area contributed by atoms with Crippen molar-refractivity contribution in [3.63, 3.8) is 0 Å². The Kier molecular flexibility index (Phi) is 1.58. The number of methoxy groups -OCH3 is 1. The highest BCUT2D eigenvalue weighted by Crippen LogP contribution is 2.37. The minimum atomic E-state index is -0.158. The molecule has 1 heterocycles. The van der Waals surface area contributed by atoms with Crippen LogP contribution in [0.25, 0.3) is 0 Å². The van der Waals surface area contributed by atoms with Crippen LogP contribution >= 0.6 is 0 Å². The molecule has 1 aliphatic heterocycles. The third kappa shape index (κ3) is 1.02. The number of rotatable bonds is 1. The molecule has 3 atom stereocenters. The first-order valence-corrected chi connectivity index (χ1v) is 3.77. The van der Waals surface area contributed by atoms with Gasteiger partial charge in [-0.05, 0) is 0 Å². The van der Waals surface area contributed by atoms with Crippen molar-refractivity contribution in [2.45, 2.75) is 12.1 Å². The lowest BCUT2D eigenvalue weighted by Crippen LogP contribution is -2.30. The fraction of sp³-hybridized carbons (Fsp3) is 0.857. The molecule has 0 amide bonds. The molecule has 2 aliphatic rings. The van der Waals surface area contributed by atoms with Gasteiger partial charge in [-0.1, -0.05) is 0 Å². The molecule has 0 aromatic heterocycles. The SMILES string of the molecule is COC(=O)[C@@H]1[C@H]2NCCO[C@H]21. The Hall–Kier alpha value is -0.610. The van der Waals surface area contributed by atoms with E-state index < -0.39 is 0 Å². The normalized spacial score (nSPS) is 41.0. The third-order valence-electron chi connectivity index (χ3n) is 2.22. The molecule has 0 aromatic rings. The molecule has 11 heavy (non-hydrogen) atoms. The molecule has 1 N–H and O–H groups in total. The van der Waals surface area contributed by atoms with Gasteiger partial charge in [-0.3, -0.25) is 4.79 Å². The van der Waals surface area contributed by atoms with Gasteiger partial charge in [0.1, 0.15) is 5.92 Å². The summed E-state index contributed by atoms with van der Waals surface area (Å²) in [4.78, 5) is 11.0. The van der Waals surface area contributed by atoms with Gasteiger partial charge in [0.15, 0.2) is 0 Å². The zero-order valence-electron chi connectivity index (χ0n) is 6.37. The summed E-state index contributed by atoms with van der Waals surface area (Å²) in [6.07, 6.45) is 0.0798. The minimum Gasteiger partial charge on any atom is -0.469 e. The summed E-state index contributed by atoms with van der Waals surface area (Å²) in [5.41, 5.74) is 0. The summed E-state index contributed by atoms with van der Waals surface area (Å²) in [6.45, 7) is 1.54. The second-order valence-corrected chi connectivity index (χ2v) is 2.86. The van der Waals surface area contributed by atoms with E-state index in [1.54, 1.807) is 0 Å². The smallest absolute Gasteiger partial charge is 0.313 e. The van der Waals surface area contributed by atoms with Crippen LogP contribution in [-0.2, 0) is 14.3 Å². The molecule has 4 nitrogen and oxygen atoms in total. The number of esters is 1. The molecule has 2 rings (SSSR count). The Labute approximate surface area is 64.9 Å². The highest BCUT2D eigenvalue weighted by molar-refractivity contribution is 5.78. The molecule has 2 fully saturated rings. The number of fused-ring (bicyclic) bond motifs is 1. The maximum absolute atomic E-state index is 11.0. The van der Waals surface area contributed by atoms with E-state index in [4.69, 9.17) is 4.74 Å². The van der Waals surface area contributed by atoms with Crippen molar-refractivity contribution in [1.82, 2.24) is 5.32 Å². The summed E-state index contributed by atoms with van der Waals surface area (Å²) in [6, 6.07) is 0.219. The summed E-state index contributed by atoms with van der Waals surface area (Å²) >= 11 is 0. The average Bonchev–Trinajstić information content (AvgIpc) is 2.77. The largest absolute Gasteiger partial charge is 0.469 e. The first kappa shape index (κ1) is 7.06. The van der Waals surface area contributed by atoms with Crippen LogP contribution in [0.3, 0.4) is 0 Å². The van der Waals surface area contributed by atoms with E-state index in [2.05, 4.69) is 10.1 Å². The number of carbonyl (C=O) groups is 1. The van der Waals surface area contributed by atoms with Gasteiger partial charge in [0.2, 0.25) is 0 Å². The second-order valence-electron chi connectivity index (χ2n) is 2.86. The zero-order valence-corrected chi connectivity index (χ0v) is 6.37. The standard InChI is InChI=1S/C7H11NO3/c1-10-7(9)4-5-6(4)11-3-2-8-5/h4-6,8H,2-3H2,1H3/t4-,5-,6+/m1/s1. The molecular weight excluding hydrogens is 146 g/mol. The lowest BCUT2D eigenvalue weighted by molar-refractivity contribution is -0.143. The highest BCUT2D eigenvalue weighted by atomic mass is 16.5. The predicted molar refractivity (Wildman–Crippen MR) is 37.0 cm³/mol. The van der Waals surface area contributed by atoms with Gasteiger partial charge in [-0.15, -0.1) is 0 Å². The van der Waals surface area contributed by atoms with Crippen molar-refractivity contribution < 1.29 is 14.3 Å². The van der Waals surface area contributed by atoms with Gasteiger partial charge in [0.05, 0.1) is 25.9 Å². The number of morpholine rings is 1. The zero-order chi connectivity index (χ0) is 7.84. The van der Waals surface area contributed by atoms with Crippen LogP contribution in [0.1, 0.15) is 0 Å². The first-order chi connectivity index (χ1) is 5.34. The van der Waals surface area contributed by atoms with Crippen molar-refractivity contribution in [2.75, 3.05) is 20.3 Å². The number of hydrogen-bond acceptors (Lipinski definition) is 4. The molecule has 1 saturated carbocycles. The molecule has 1 saturated heterocycles. The van der Waals surface area contributed by atoms with E-state index in [9.17, 15) is 4.79 Å². The molecule has 0 bridgehead atoms. The van der Waals surface area contributed by atoms with Crippen LogP contribution in [0, 0.1) is 5.92 Å². The van der Waals surface area contributed by atoms with E-state index in [0.717, 1.165) is 6.54 Å². The monoisotopic (exact) mass is 157 g/mol. The van der Waals surface area contributed by atoms with Crippen LogP contribution in [0.5, 0.6) is 0 Å². The van der Waals surface area contributed by atoms with Gasteiger partial charge in [-0.25, -0.2) is 0 Å². The fourth-order valence-electron chi connectivity index (χ4n) is 1.57. The lowest BCUT2D eigenvalue weighted by Gasteiger charge is -2.09.